The molecular weight excluding hydrogens is 681 g/mol. The largest absolute Gasteiger partial charge is 0.455 e. The van der Waals surface area contributed by atoms with E-state index in [2.05, 4.69) is 206 Å². The highest BCUT2D eigenvalue weighted by molar-refractivity contribution is 6.12. The molecule has 262 valence electrons. The number of hydrogen-bond acceptors (Lipinski definition) is 2. The molecule has 2 aromatic heterocycles. The van der Waals surface area contributed by atoms with Crippen molar-refractivity contribution in [2.45, 2.75) is 0 Å². The molecule has 0 aliphatic carbocycles. The van der Waals surface area contributed by atoms with Gasteiger partial charge in [0.2, 0.25) is 0 Å². The maximum absolute atomic E-state index is 6.93. The summed E-state index contributed by atoms with van der Waals surface area (Å²) < 4.78 is 13.9. The summed E-state index contributed by atoms with van der Waals surface area (Å²) in [5.74, 6) is 1.68. The van der Waals surface area contributed by atoms with Crippen LogP contribution < -0.4 is 0 Å². The van der Waals surface area contributed by atoms with Gasteiger partial charge in [0.05, 0.1) is 0 Å². The van der Waals surface area contributed by atoms with Crippen molar-refractivity contribution in [1.29, 1.82) is 0 Å². The second-order valence-corrected chi connectivity index (χ2v) is 14.4. The number of furan rings is 2. The Morgan fingerprint density at radius 3 is 1.04 bits per heavy atom. The van der Waals surface area contributed by atoms with Crippen LogP contribution in [-0.2, 0) is 0 Å². The molecule has 0 amide bonds. The van der Waals surface area contributed by atoms with Crippen LogP contribution >= 0.6 is 0 Å². The Morgan fingerprint density at radius 2 is 0.607 bits per heavy atom. The average Bonchev–Trinajstić information content (AvgIpc) is 3.84. The molecule has 0 fully saturated rings. The first-order valence-electron chi connectivity index (χ1n) is 19.1. The third-order valence-electron chi connectivity index (χ3n) is 11.1. The summed E-state index contributed by atoms with van der Waals surface area (Å²) in [5.41, 5.74) is 12.8. The van der Waals surface area contributed by atoms with E-state index in [1.807, 2.05) is 0 Å². The van der Waals surface area contributed by atoms with Crippen molar-refractivity contribution in [3.63, 3.8) is 0 Å². The van der Waals surface area contributed by atoms with Crippen LogP contribution in [0.2, 0.25) is 0 Å². The van der Waals surface area contributed by atoms with Crippen LogP contribution in [0.4, 0.5) is 0 Å². The highest BCUT2D eigenvalue weighted by Crippen LogP contribution is 2.47. The quantitative estimate of drug-likeness (QED) is 0.171. The van der Waals surface area contributed by atoms with E-state index in [4.69, 9.17) is 8.83 Å². The lowest BCUT2D eigenvalue weighted by atomic mass is 9.94. The molecule has 0 N–H and O–H groups in total. The minimum atomic E-state index is 0.820. The van der Waals surface area contributed by atoms with Gasteiger partial charge in [0, 0.05) is 33.0 Å². The predicted molar refractivity (Wildman–Crippen MR) is 234 cm³/mol. The normalized spacial score (nSPS) is 11.6. The van der Waals surface area contributed by atoms with Gasteiger partial charge in [-0.25, -0.2) is 0 Å². The van der Waals surface area contributed by atoms with Crippen molar-refractivity contribution in [3.05, 3.63) is 206 Å². The van der Waals surface area contributed by atoms with Gasteiger partial charge in [0.25, 0.3) is 0 Å². The van der Waals surface area contributed by atoms with Crippen LogP contribution in [-0.4, -0.2) is 0 Å². The highest BCUT2D eigenvalue weighted by Gasteiger charge is 2.24. The monoisotopic (exact) mass is 714 g/mol. The first-order chi connectivity index (χ1) is 27.8. The van der Waals surface area contributed by atoms with Crippen molar-refractivity contribution in [2.75, 3.05) is 0 Å². The lowest BCUT2D eigenvalue weighted by molar-refractivity contribution is 0.628. The molecular formula is C54H34O2. The van der Waals surface area contributed by atoms with E-state index in [-0.39, 0.29) is 0 Å². The molecule has 0 atom stereocenters. The fourth-order valence-electron chi connectivity index (χ4n) is 8.43. The molecule has 2 heterocycles. The van der Waals surface area contributed by atoms with E-state index in [0.29, 0.717) is 0 Å². The maximum Gasteiger partial charge on any atom is 0.143 e. The molecule has 2 nitrogen and oxygen atoms in total. The summed E-state index contributed by atoms with van der Waals surface area (Å²) in [6.45, 7) is 0. The van der Waals surface area contributed by atoms with E-state index >= 15 is 0 Å². The molecule has 0 unspecified atom stereocenters. The molecule has 11 rings (SSSR count). The number of benzene rings is 9. The van der Waals surface area contributed by atoms with Crippen LogP contribution in [0.25, 0.3) is 111 Å². The van der Waals surface area contributed by atoms with Gasteiger partial charge in [0.15, 0.2) is 0 Å². The van der Waals surface area contributed by atoms with E-state index in [1.165, 1.54) is 43.8 Å². The van der Waals surface area contributed by atoms with Crippen LogP contribution in [0.5, 0.6) is 0 Å². The van der Waals surface area contributed by atoms with Gasteiger partial charge in [-0.1, -0.05) is 194 Å². The third kappa shape index (κ3) is 5.34. The summed E-state index contributed by atoms with van der Waals surface area (Å²) in [6.07, 6.45) is 0. The number of hydrogen-bond donors (Lipinski definition) is 0. The van der Waals surface area contributed by atoms with Crippen LogP contribution in [0.15, 0.2) is 215 Å². The summed E-state index contributed by atoms with van der Waals surface area (Å²) >= 11 is 0. The topological polar surface area (TPSA) is 26.3 Å². The third-order valence-corrected chi connectivity index (χ3v) is 11.1. The van der Waals surface area contributed by atoms with Gasteiger partial charge in [-0.15, -0.1) is 0 Å². The van der Waals surface area contributed by atoms with Gasteiger partial charge in [-0.3, -0.25) is 0 Å². The van der Waals surface area contributed by atoms with Gasteiger partial charge in [-0.05, 0) is 67.1 Å². The number of fused-ring (bicyclic) bond motifs is 4. The zero-order valence-corrected chi connectivity index (χ0v) is 30.4. The van der Waals surface area contributed by atoms with Gasteiger partial charge < -0.3 is 8.83 Å². The van der Waals surface area contributed by atoms with E-state index in [9.17, 15) is 0 Å². The first kappa shape index (κ1) is 32.0. The minimum Gasteiger partial charge on any atom is -0.455 e. The SMILES string of the molecule is c1ccc(-c2c(-c3ccc(-c4cccc5ccccc45)cc3)oc3cc4c(-c5ccccc5)c(-c5ccc(-c6cccc7ccccc67)cc5)oc4cc23)cc1. The van der Waals surface area contributed by atoms with Crippen molar-refractivity contribution < 1.29 is 8.83 Å². The van der Waals surface area contributed by atoms with E-state index in [1.54, 1.807) is 0 Å². The Bertz CT molecular complexity index is 2970. The lowest BCUT2D eigenvalue weighted by Crippen LogP contribution is -1.84. The Morgan fingerprint density at radius 1 is 0.250 bits per heavy atom. The highest BCUT2D eigenvalue weighted by atomic mass is 16.3. The van der Waals surface area contributed by atoms with E-state index < -0.39 is 0 Å². The smallest absolute Gasteiger partial charge is 0.143 e. The molecule has 0 radical (unpaired) electrons. The minimum absolute atomic E-state index is 0.820. The zero-order valence-electron chi connectivity index (χ0n) is 30.4. The molecule has 0 saturated heterocycles. The van der Waals surface area contributed by atoms with Crippen molar-refractivity contribution >= 4 is 43.5 Å². The summed E-state index contributed by atoms with van der Waals surface area (Å²) in [6, 6.07) is 73.0. The molecule has 0 aliphatic rings. The zero-order chi connectivity index (χ0) is 37.0. The second kappa shape index (κ2) is 13.2. The van der Waals surface area contributed by atoms with Crippen LogP contribution in [0.1, 0.15) is 0 Å². The molecule has 0 spiro atoms. The predicted octanol–water partition coefficient (Wildman–Crippen LogP) is 15.5. The van der Waals surface area contributed by atoms with E-state index in [0.717, 1.165) is 66.8 Å². The van der Waals surface area contributed by atoms with Crippen molar-refractivity contribution in [2.24, 2.45) is 0 Å². The number of rotatable bonds is 6. The summed E-state index contributed by atoms with van der Waals surface area (Å²) in [7, 11) is 0. The first-order valence-corrected chi connectivity index (χ1v) is 19.1. The Hall–Kier alpha value is -7.42. The molecule has 56 heavy (non-hydrogen) atoms. The van der Waals surface area contributed by atoms with Gasteiger partial charge in [-0.2, -0.15) is 0 Å². The Labute approximate surface area is 324 Å². The molecule has 9 aromatic carbocycles. The molecule has 0 saturated carbocycles. The molecule has 0 aliphatic heterocycles. The Kier molecular flexibility index (Phi) is 7.53. The Balaban J connectivity index is 1.07. The van der Waals surface area contributed by atoms with Crippen LogP contribution in [0.3, 0.4) is 0 Å². The standard InChI is InChI=1S/C54H34O2/c1-3-15-39(16-4-1)51-47-33-50-48(34-49(47)55-53(51)41-29-25-37(26-30-41)45-23-11-19-35-13-7-9-21-43(35)45)52(40-17-5-2-6-18-40)54(56-50)42-31-27-38(28-32-42)46-24-12-20-36-14-8-10-22-44(36)46/h1-34H. The lowest BCUT2D eigenvalue weighted by Gasteiger charge is -2.09. The fourth-order valence-corrected chi connectivity index (χ4v) is 8.43. The second-order valence-electron chi connectivity index (χ2n) is 14.4. The van der Waals surface area contributed by atoms with Crippen molar-refractivity contribution in [3.8, 4) is 67.2 Å². The maximum atomic E-state index is 6.93. The summed E-state index contributed by atoms with van der Waals surface area (Å²) in [4.78, 5) is 0. The van der Waals surface area contributed by atoms with Gasteiger partial charge >= 0.3 is 0 Å². The average molecular weight is 715 g/mol. The molecule has 2 heteroatoms. The van der Waals surface area contributed by atoms with Crippen LogP contribution in [0, 0.1) is 0 Å². The van der Waals surface area contributed by atoms with Gasteiger partial charge in [0.1, 0.15) is 22.7 Å². The van der Waals surface area contributed by atoms with Crippen molar-refractivity contribution in [1.82, 2.24) is 0 Å². The molecule has 11 aromatic rings. The molecule has 0 bridgehead atoms. The summed E-state index contributed by atoms with van der Waals surface area (Å²) in [5, 5.41) is 6.99. The fraction of sp³-hybridized carbons (Fsp3) is 0.